The summed E-state index contributed by atoms with van der Waals surface area (Å²) in [5.74, 6) is -0.101. The quantitative estimate of drug-likeness (QED) is 0.331. The van der Waals surface area contributed by atoms with Crippen LogP contribution < -0.4 is 10.5 Å². The molecule has 2 rings (SSSR count). The molecule has 8 nitrogen and oxygen atoms in total. The fourth-order valence-electron chi connectivity index (χ4n) is 1.77. The SMILES string of the molecule is Cc1ccc(/C(N)=N/O)cc1NS(=O)(=O)c1ccnn1C. The van der Waals surface area contributed by atoms with Crippen LogP contribution in [0.5, 0.6) is 0 Å². The van der Waals surface area contributed by atoms with Crippen LogP contribution in [-0.2, 0) is 17.1 Å². The van der Waals surface area contributed by atoms with Gasteiger partial charge in [-0.15, -0.1) is 0 Å². The number of hydrogen-bond acceptors (Lipinski definition) is 5. The Hall–Kier alpha value is -2.55. The van der Waals surface area contributed by atoms with Crippen LogP contribution in [0.4, 0.5) is 5.69 Å². The van der Waals surface area contributed by atoms with Crippen molar-refractivity contribution in [1.82, 2.24) is 9.78 Å². The van der Waals surface area contributed by atoms with Crippen molar-refractivity contribution < 1.29 is 13.6 Å². The summed E-state index contributed by atoms with van der Waals surface area (Å²) in [5.41, 5.74) is 6.96. The molecule has 2 aromatic rings. The fourth-order valence-corrected chi connectivity index (χ4v) is 3.02. The normalized spacial score (nSPS) is 12.4. The maximum Gasteiger partial charge on any atom is 0.279 e. The first-order valence-corrected chi connectivity index (χ1v) is 7.43. The van der Waals surface area contributed by atoms with E-state index in [0.29, 0.717) is 16.8 Å². The summed E-state index contributed by atoms with van der Waals surface area (Å²) in [6.45, 7) is 1.75. The van der Waals surface area contributed by atoms with Gasteiger partial charge in [-0.2, -0.15) is 13.5 Å². The molecule has 1 heterocycles. The molecule has 0 unspecified atom stereocenters. The van der Waals surface area contributed by atoms with E-state index in [-0.39, 0.29) is 10.9 Å². The Morgan fingerprint density at radius 3 is 2.71 bits per heavy atom. The van der Waals surface area contributed by atoms with Gasteiger partial charge in [0.15, 0.2) is 10.9 Å². The molecule has 1 aromatic heterocycles. The molecule has 0 atom stereocenters. The number of nitrogens with two attached hydrogens (primary N) is 1. The minimum atomic E-state index is -3.77. The Morgan fingerprint density at radius 2 is 2.14 bits per heavy atom. The van der Waals surface area contributed by atoms with Crippen LogP contribution in [0.2, 0.25) is 0 Å². The van der Waals surface area contributed by atoms with Gasteiger partial charge in [-0.3, -0.25) is 9.40 Å². The summed E-state index contributed by atoms with van der Waals surface area (Å²) in [4.78, 5) is 0. The van der Waals surface area contributed by atoms with Gasteiger partial charge < -0.3 is 10.9 Å². The molecule has 0 spiro atoms. The molecule has 0 aliphatic carbocycles. The Bertz CT molecular complexity index is 795. The van der Waals surface area contributed by atoms with E-state index in [9.17, 15) is 8.42 Å². The van der Waals surface area contributed by atoms with Gasteiger partial charge >= 0.3 is 0 Å². The van der Waals surface area contributed by atoms with Gasteiger partial charge in [-0.1, -0.05) is 17.3 Å². The number of benzene rings is 1. The number of aromatic nitrogens is 2. The molecule has 0 saturated carbocycles. The zero-order chi connectivity index (χ0) is 15.6. The molecule has 0 aliphatic rings. The van der Waals surface area contributed by atoms with Crippen molar-refractivity contribution in [2.24, 2.45) is 17.9 Å². The van der Waals surface area contributed by atoms with E-state index in [1.165, 1.54) is 30.1 Å². The van der Waals surface area contributed by atoms with Crippen molar-refractivity contribution in [2.45, 2.75) is 11.9 Å². The van der Waals surface area contributed by atoms with Gasteiger partial charge in [0, 0.05) is 12.6 Å². The van der Waals surface area contributed by atoms with Crippen molar-refractivity contribution >= 4 is 21.5 Å². The van der Waals surface area contributed by atoms with Gasteiger partial charge in [-0.05, 0) is 24.6 Å². The molecule has 0 bridgehead atoms. The van der Waals surface area contributed by atoms with Crippen LogP contribution >= 0.6 is 0 Å². The Balaban J connectivity index is 2.42. The second kappa shape index (κ2) is 5.44. The number of anilines is 1. The average Bonchev–Trinajstić information content (AvgIpc) is 2.87. The summed E-state index contributed by atoms with van der Waals surface area (Å²) in [5, 5.41) is 15.4. The van der Waals surface area contributed by atoms with E-state index in [0.717, 1.165) is 0 Å². The first kappa shape index (κ1) is 14.9. The van der Waals surface area contributed by atoms with Gasteiger partial charge in [0.05, 0.1) is 11.9 Å². The summed E-state index contributed by atoms with van der Waals surface area (Å²) in [7, 11) is -2.23. The molecule has 9 heteroatoms. The second-order valence-corrected chi connectivity index (χ2v) is 6.04. The molecule has 0 radical (unpaired) electrons. The monoisotopic (exact) mass is 309 g/mol. The third-order valence-corrected chi connectivity index (χ3v) is 4.38. The van der Waals surface area contributed by atoms with E-state index < -0.39 is 10.0 Å². The van der Waals surface area contributed by atoms with E-state index >= 15 is 0 Å². The molecular weight excluding hydrogens is 294 g/mol. The minimum Gasteiger partial charge on any atom is -0.409 e. The lowest BCUT2D eigenvalue weighted by Crippen LogP contribution is -2.18. The van der Waals surface area contributed by atoms with Gasteiger partial charge in [0.25, 0.3) is 10.0 Å². The largest absolute Gasteiger partial charge is 0.409 e. The molecule has 112 valence electrons. The highest BCUT2D eigenvalue weighted by Gasteiger charge is 2.19. The topological polar surface area (TPSA) is 123 Å². The summed E-state index contributed by atoms with van der Waals surface area (Å²) >= 11 is 0. The minimum absolute atomic E-state index is 0.0381. The van der Waals surface area contributed by atoms with Crippen LogP contribution in [0.15, 0.2) is 40.6 Å². The van der Waals surface area contributed by atoms with Crippen LogP contribution in [-0.4, -0.2) is 29.2 Å². The molecular formula is C12H15N5O3S. The van der Waals surface area contributed by atoms with Gasteiger partial charge in [0.2, 0.25) is 0 Å². The Morgan fingerprint density at radius 1 is 1.43 bits per heavy atom. The second-order valence-electron chi connectivity index (χ2n) is 4.41. The predicted molar refractivity (Wildman–Crippen MR) is 77.7 cm³/mol. The van der Waals surface area contributed by atoms with Crippen molar-refractivity contribution in [3.05, 3.63) is 41.6 Å². The molecule has 21 heavy (non-hydrogen) atoms. The number of hydrogen-bond donors (Lipinski definition) is 3. The Labute approximate surface area is 121 Å². The van der Waals surface area contributed by atoms with Crippen LogP contribution in [0.1, 0.15) is 11.1 Å². The van der Waals surface area contributed by atoms with E-state index in [1.807, 2.05) is 0 Å². The van der Waals surface area contributed by atoms with E-state index in [2.05, 4.69) is 15.0 Å². The van der Waals surface area contributed by atoms with Crippen molar-refractivity contribution in [1.29, 1.82) is 0 Å². The molecule has 0 aliphatic heterocycles. The highest BCUT2D eigenvalue weighted by molar-refractivity contribution is 7.92. The number of sulfonamides is 1. The first-order valence-electron chi connectivity index (χ1n) is 5.94. The Kier molecular flexibility index (Phi) is 3.85. The lowest BCUT2D eigenvalue weighted by molar-refractivity contribution is 0.318. The number of amidine groups is 1. The maximum atomic E-state index is 12.3. The molecule has 1 aromatic carbocycles. The zero-order valence-corrected chi connectivity index (χ0v) is 12.3. The van der Waals surface area contributed by atoms with Crippen LogP contribution in [0.3, 0.4) is 0 Å². The third kappa shape index (κ3) is 2.97. The average molecular weight is 309 g/mol. The lowest BCUT2D eigenvalue weighted by atomic mass is 10.1. The molecule has 0 saturated heterocycles. The summed E-state index contributed by atoms with van der Waals surface area (Å²) in [6, 6.07) is 6.20. The standard InChI is InChI=1S/C12H15N5O3S/c1-8-3-4-9(12(13)15-18)7-10(8)16-21(19,20)11-5-6-14-17(11)2/h3-7,16,18H,1-2H3,(H2,13,15). The fraction of sp³-hybridized carbons (Fsp3) is 0.167. The highest BCUT2D eigenvalue weighted by atomic mass is 32.2. The number of nitrogens with zero attached hydrogens (tertiary/aromatic N) is 3. The molecule has 4 N–H and O–H groups in total. The predicted octanol–water partition coefficient (Wildman–Crippen LogP) is 0.624. The highest BCUT2D eigenvalue weighted by Crippen LogP contribution is 2.21. The summed E-state index contributed by atoms with van der Waals surface area (Å²) < 4.78 is 28.3. The van der Waals surface area contributed by atoms with Gasteiger partial charge in [-0.25, -0.2) is 0 Å². The summed E-state index contributed by atoms with van der Waals surface area (Å²) in [6.07, 6.45) is 1.40. The van der Waals surface area contributed by atoms with E-state index in [4.69, 9.17) is 10.9 Å². The number of rotatable bonds is 4. The third-order valence-electron chi connectivity index (χ3n) is 2.94. The lowest BCUT2D eigenvalue weighted by Gasteiger charge is -2.12. The first-order chi connectivity index (χ1) is 9.85. The smallest absolute Gasteiger partial charge is 0.279 e. The maximum absolute atomic E-state index is 12.3. The number of nitrogens with one attached hydrogen (secondary N) is 1. The van der Waals surface area contributed by atoms with Crippen LogP contribution in [0, 0.1) is 6.92 Å². The van der Waals surface area contributed by atoms with Crippen LogP contribution in [0.25, 0.3) is 0 Å². The van der Waals surface area contributed by atoms with E-state index in [1.54, 1.807) is 19.1 Å². The number of oxime groups is 1. The molecule has 0 fully saturated rings. The van der Waals surface area contributed by atoms with Crippen molar-refractivity contribution in [2.75, 3.05) is 4.72 Å². The van der Waals surface area contributed by atoms with Crippen molar-refractivity contribution in [3.63, 3.8) is 0 Å². The molecule has 0 amide bonds. The van der Waals surface area contributed by atoms with Gasteiger partial charge in [0.1, 0.15) is 0 Å². The number of aryl methyl sites for hydroxylation is 2. The van der Waals surface area contributed by atoms with Crippen molar-refractivity contribution in [3.8, 4) is 0 Å². The zero-order valence-electron chi connectivity index (χ0n) is 11.5.